The van der Waals surface area contributed by atoms with Crippen molar-refractivity contribution in [1.82, 2.24) is 0 Å². The Bertz CT molecular complexity index is 298. The van der Waals surface area contributed by atoms with Crippen LogP contribution >= 0.6 is 24.2 Å². The van der Waals surface area contributed by atoms with Crippen LogP contribution < -0.4 is 0 Å². The minimum atomic E-state index is -1.04. The molecule has 1 aromatic carbocycles. The summed E-state index contributed by atoms with van der Waals surface area (Å²) in [7, 11) is 0. The number of carboxylic acid groups (broad SMARTS) is 1. The number of benzene rings is 1. The molecule has 0 spiro atoms. The zero-order valence-corrected chi connectivity index (χ0v) is 7.06. The third-order valence-electron chi connectivity index (χ3n) is 1.18. The predicted octanol–water partition coefficient (Wildman–Crippen LogP) is 2.33. The van der Waals surface area contributed by atoms with E-state index in [2.05, 4.69) is 12.6 Å². The Hall–Kier alpha value is -0.670. The summed E-state index contributed by atoms with van der Waals surface area (Å²) in [5.74, 6) is -1.04. The lowest BCUT2D eigenvalue weighted by atomic mass is 10.2. The van der Waals surface area contributed by atoms with Crippen molar-refractivity contribution in [3.63, 3.8) is 0 Å². The van der Waals surface area contributed by atoms with E-state index in [0.717, 1.165) is 0 Å². The maximum Gasteiger partial charge on any atom is 0.337 e. The average Bonchev–Trinajstić information content (AvgIpc) is 1.94. The molecular weight excluding hydrogens is 184 g/mol. The van der Waals surface area contributed by atoms with Gasteiger partial charge in [0.15, 0.2) is 0 Å². The second-order valence-corrected chi connectivity index (χ2v) is 2.89. The molecule has 0 radical (unpaired) electrons. The fourth-order valence-electron chi connectivity index (χ4n) is 0.677. The van der Waals surface area contributed by atoms with Crippen LogP contribution in [0.5, 0.6) is 0 Å². The van der Waals surface area contributed by atoms with Gasteiger partial charge in [0.25, 0.3) is 0 Å². The van der Waals surface area contributed by atoms with Gasteiger partial charge in [0.1, 0.15) is 0 Å². The summed E-state index contributed by atoms with van der Waals surface area (Å²) in [4.78, 5) is 11.0. The predicted molar refractivity (Wildman–Crippen MR) is 45.7 cm³/mol. The minimum Gasteiger partial charge on any atom is -0.478 e. The normalized spacial score (nSPS) is 9.64. The van der Waals surface area contributed by atoms with E-state index >= 15 is 0 Å². The Morgan fingerprint density at radius 1 is 1.55 bits per heavy atom. The molecule has 1 N–H and O–H groups in total. The molecule has 4 heteroatoms. The molecule has 58 valence electrons. The van der Waals surface area contributed by atoms with Gasteiger partial charge in [0.05, 0.1) is 10.6 Å². The first-order valence-electron chi connectivity index (χ1n) is 2.83. The standard InChI is InChI=1S/C7H5ClO2S/c8-6-2-1-4(11)3-5(6)7(9)10/h1-3,11H,(H,9,10). The van der Waals surface area contributed by atoms with Crippen molar-refractivity contribution >= 4 is 30.2 Å². The third kappa shape index (κ3) is 1.88. The summed E-state index contributed by atoms with van der Waals surface area (Å²) in [6.07, 6.45) is 0. The van der Waals surface area contributed by atoms with Crippen molar-refractivity contribution in [3.8, 4) is 0 Å². The first-order valence-corrected chi connectivity index (χ1v) is 3.65. The van der Waals surface area contributed by atoms with Crippen LogP contribution in [0.25, 0.3) is 0 Å². The summed E-state index contributed by atoms with van der Waals surface area (Å²) in [5, 5.41) is 8.80. The van der Waals surface area contributed by atoms with Gasteiger partial charge in [0, 0.05) is 4.90 Å². The first kappa shape index (κ1) is 8.43. The van der Waals surface area contributed by atoms with Crippen molar-refractivity contribution in [1.29, 1.82) is 0 Å². The summed E-state index contributed by atoms with van der Waals surface area (Å²) >= 11 is 9.55. The second-order valence-electron chi connectivity index (χ2n) is 1.97. The van der Waals surface area contributed by atoms with Crippen LogP contribution in [0, 0.1) is 0 Å². The van der Waals surface area contributed by atoms with E-state index < -0.39 is 5.97 Å². The number of rotatable bonds is 1. The van der Waals surface area contributed by atoms with E-state index in [9.17, 15) is 4.79 Å². The second kappa shape index (κ2) is 3.15. The lowest BCUT2D eigenvalue weighted by Crippen LogP contribution is -1.96. The Balaban J connectivity index is 3.23. The molecule has 0 aliphatic carbocycles. The average molecular weight is 189 g/mol. The van der Waals surface area contributed by atoms with Crippen LogP contribution in [0.3, 0.4) is 0 Å². The number of carbonyl (C=O) groups is 1. The summed E-state index contributed by atoms with van der Waals surface area (Å²) < 4.78 is 0. The van der Waals surface area contributed by atoms with Gasteiger partial charge >= 0.3 is 5.97 Å². The van der Waals surface area contributed by atoms with Gasteiger partial charge in [0.2, 0.25) is 0 Å². The maximum atomic E-state index is 10.5. The van der Waals surface area contributed by atoms with Gasteiger partial charge < -0.3 is 5.11 Å². The summed E-state index contributed by atoms with van der Waals surface area (Å²) in [6.45, 7) is 0. The van der Waals surface area contributed by atoms with Crippen LogP contribution in [-0.2, 0) is 0 Å². The topological polar surface area (TPSA) is 37.3 Å². The van der Waals surface area contributed by atoms with Crippen molar-refractivity contribution in [2.45, 2.75) is 4.90 Å². The first-order chi connectivity index (χ1) is 5.11. The fourth-order valence-corrected chi connectivity index (χ4v) is 1.08. The van der Waals surface area contributed by atoms with E-state index in [1.807, 2.05) is 0 Å². The molecule has 0 heterocycles. The monoisotopic (exact) mass is 188 g/mol. The largest absolute Gasteiger partial charge is 0.478 e. The number of aromatic carboxylic acids is 1. The molecule has 0 saturated carbocycles. The van der Waals surface area contributed by atoms with E-state index in [-0.39, 0.29) is 10.6 Å². The lowest BCUT2D eigenvalue weighted by Gasteiger charge is -1.97. The van der Waals surface area contributed by atoms with Crippen LogP contribution in [-0.4, -0.2) is 11.1 Å². The number of thiol groups is 1. The fraction of sp³-hybridized carbons (Fsp3) is 0. The Morgan fingerprint density at radius 3 is 2.64 bits per heavy atom. The van der Waals surface area contributed by atoms with E-state index in [4.69, 9.17) is 16.7 Å². The number of hydrogen-bond acceptors (Lipinski definition) is 2. The molecule has 0 aliphatic rings. The molecule has 1 rings (SSSR count). The molecule has 0 fully saturated rings. The number of carboxylic acids is 1. The molecule has 0 atom stereocenters. The molecule has 0 aromatic heterocycles. The molecule has 0 bridgehead atoms. The molecular formula is C7H5ClO2S. The van der Waals surface area contributed by atoms with Gasteiger partial charge in [-0.15, -0.1) is 12.6 Å². The quantitative estimate of drug-likeness (QED) is 0.664. The zero-order chi connectivity index (χ0) is 8.43. The van der Waals surface area contributed by atoms with Crippen LogP contribution in [0.15, 0.2) is 23.1 Å². The van der Waals surface area contributed by atoms with Gasteiger partial charge in [-0.3, -0.25) is 0 Å². The molecule has 0 unspecified atom stereocenters. The highest BCUT2D eigenvalue weighted by Gasteiger charge is 2.07. The number of halogens is 1. The molecule has 0 aliphatic heterocycles. The van der Waals surface area contributed by atoms with E-state index in [1.165, 1.54) is 12.1 Å². The van der Waals surface area contributed by atoms with Gasteiger partial charge in [-0.1, -0.05) is 11.6 Å². The van der Waals surface area contributed by atoms with Crippen molar-refractivity contribution in [2.75, 3.05) is 0 Å². The third-order valence-corrected chi connectivity index (χ3v) is 1.79. The Labute approximate surface area is 74.2 Å². The highest BCUT2D eigenvalue weighted by Crippen LogP contribution is 2.19. The molecule has 0 amide bonds. The van der Waals surface area contributed by atoms with Crippen molar-refractivity contribution < 1.29 is 9.90 Å². The van der Waals surface area contributed by atoms with Gasteiger partial charge in [-0.25, -0.2) is 4.79 Å². The van der Waals surface area contributed by atoms with Gasteiger partial charge in [-0.2, -0.15) is 0 Å². The molecule has 0 saturated heterocycles. The summed E-state index contributed by atoms with van der Waals surface area (Å²) in [6, 6.07) is 4.55. The SMILES string of the molecule is O=C(O)c1cc(S)ccc1Cl. The van der Waals surface area contributed by atoms with Crippen LogP contribution in [0.2, 0.25) is 5.02 Å². The molecule has 2 nitrogen and oxygen atoms in total. The van der Waals surface area contributed by atoms with Crippen molar-refractivity contribution in [2.24, 2.45) is 0 Å². The zero-order valence-electron chi connectivity index (χ0n) is 5.41. The smallest absolute Gasteiger partial charge is 0.337 e. The Morgan fingerprint density at radius 2 is 2.18 bits per heavy atom. The van der Waals surface area contributed by atoms with Crippen LogP contribution in [0.1, 0.15) is 10.4 Å². The Kier molecular flexibility index (Phi) is 2.42. The maximum absolute atomic E-state index is 10.5. The minimum absolute atomic E-state index is 0.0826. The summed E-state index contributed by atoms with van der Waals surface area (Å²) in [5.41, 5.74) is 0.0826. The highest BCUT2D eigenvalue weighted by atomic mass is 35.5. The highest BCUT2D eigenvalue weighted by molar-refractivity contribution is 7.80. The van der Waals surface area contributed by atoms with Crippen LogP contribution in [0.4, 0.5) is 0 Å². The van der Waals surface area contributed by atoms with E-state index in [1.54, 1.807) is 6.07 Å². The molecule has 11 heavy (non-hydrogen) atoms. The lowest BCUT2D eigenvalue weighted by molar-refractivity contribution is 0.0697. The number of hydrogen-bond donors (Lipinski definition) is 2. The van der Waals surface area contributed by atoms with E-state index in [0.29, 0.717) is 4.90 Å². The van der Waals surface area contributed by atoms with Crippen molar-refractivity contribution in [3.05, 3.63) is 28.8 Å². The van der Waals surface area contributed by atoms with Gasteiger partial charge in [-0.05, 0) is 18.2 Å². The molecule has 1 aromatic rings.